The summed E-state index contributed by atoms with van der Waals surface area (Å²) < 4.78 is 65.4. The first-order valence-electron chi connectivity index (χ1n) is 9.20. The van der Waals surface area contributed by atoms with Gasteiger partial charge in [-0.05, 0) is 37.2 Å². The summed E-state index contributed by atoms with van der Waals surface area (Å²) in [5.74, 6) is -8.55. The minimum Gasteiger partial charge on any atom is -0.324 e. The van der Waals surface area contributed by atoms with Gasteiger partial charge >= 0.3 is 0 Å². The summed E-state index contributed by atoms with van der Waals surface area (Å²) in [4.78, 5) is 26.2. The van der Waals surface area contributed by atoms with E-state index in [2.05, 4.69) is 10.6 Å². The summed E-state index contributed by atoms with van der Waals surface area (Å²) in [6.45, 7) is 1.57. The average Bonchev–Trinajstić information content (AvgIpc) is 2.69. The van der Waals surface area contributed by atoms with Crippen molar-refractivity contribution < 1.29 is 31.5 Å². The molecule has 2 rings (SSSR count). The van der Waals surface area contributed by atoms with Gasteiger partial charge in [0.2, 0.25) is 11.8 Å². The van der Waals surface area contributed by atoms with Crippen LogP contribution >= 0.6 is 11.8 Å². The quantitative estimate of drug-likeness (QED) is 0.306. The molecule has 0 fully saturated rings. The number of hydrogen-bond acceptors (Lipinski definition) is 4. The Morgan fingerprint density at radius 3 is 2.16 bits per heavy atom. The second kappa shape index (κ2) is 11.7. The van der Waals surface area contributed by atoms with Crippen LogP contribution in [0.3, 0.4) is 0 Å². The van der Waals surface area contributed by atoms with Crippen LogP contribution in [0.4, 0.5) is 33.3 Å². The summed E-state index contributed by atoms with van der Waals surface area (Å²) in [6.07, 6.45) is 0.581. The lowest BCUT2D eigenvalue weighted by atomic mass is 10.2. The van der Waals surface area contributed by atoms with Crippen molar-refractivity contribution in [2.45, 2.75) is 24.0 Å². The Morgan fingerprint density at radius 2 is 1.55 bits per heavy atom. The minimum atomic E-state index is -2.66. The molecule has 0 aliphatic heterocycles. The van der Waals surface area contributed by atoms with E-state index in [4.69, 9.17) is 0 Å². The SMILES string of the molecule is CCCN(CC(=O)Nc1ccccc1SC(F)F)CC(=O)Nc1ccc(F)c(F)c1F. The molecule has 0 saturated heterocycles. The largest absolute Gasteiger partial charge is 0.324 e. The molecule has 0 aromatic heterocycles. The lowest BCUT2D eigenvalue weighted by Gasteiger charge is -2.21. The number of halogens is 5. The molecule has 0 atom stereocenters. The molecule has 0 spiro atoms. The van der Waals surface area contributed by atoms with Gasteiger partial charge in [0.15, 0.2) is 17.5 Å². The third-order valence-electron chi connectivity index (χ3n) is 3.96. The second-order valence-electron chi connectivity index (χ2n) is 6.40. The lowest BCUT2D eigenvalue weighted by molar-refractivity contribution is -0.120. The van der Waals surface area contributed by atoms with Crippen LogP contribution < -0.4 is 10.6 Å². The van der Waals surface area contributed by atoms with Crippen LogP contribution in [-0.2, 0) is 9.59 Å². The normalized spacial score (nSPS) is 11.1. The number of para-hydroxylation sites is 1. The number of nitrogens with one attached hydrogen (secondary N) is 2. The van der Waals surface area contributed by atoms with Crippen molar-refractivity contribution in [3.05, 3.63) is 53.8 Å². The average molecular weight is 461 g/mol. The summed E-state index contributed by atoms with van der Waals surface area (Å²) in [5, 5.41) is 4.67. The minimum absolute atomic E-state index is 0.194. The van der Waals surface area contributed by atoms with Gasteiger partial charge in [0.1, 0.15) is 0 Å². The van der Waals surface area contributed by atoms with Gasteiger partial charge < -0.3 is 10.6 Å². The number of rotatable bonds is 10. The molecule has 31 heavy (non-hydrogen) atoms. The molecule has 0 aliphatic carbocycles. The van der Waals surface area contributed by atoms with E-state index in [9.17, 15) is 31.5 Å². The maximum Gasteiger partial charge on any atom is 0.288 e. The highest BCUT2D eigenvalue weighted by molar-refractivity contribution is 7.99. The molecule has 168 valence electrons. The predicted molar refractivity (Wildman–Crippen MR) is 109 cm³/mol. The summed E-state index contributed by atoms with van der Waals surface area (Å²) >= 11 is 0.293. The Bertz CT molecular complexity index is 930. The highest BCUT2D eigenvalue weighted by Crippen LogP contribution is 2.31. The fourth-order valence-corrected chi connectivity index (χ4v) is 3.30. The number of hydrogen-bond donors (Lipinski definition) is 2. The van der Waals surface area contributed by atoms with Gasteiger partial charge in [0.25, 0.3) is 5.76 Å². The lowest BCUT2D eigenvalue weighted by Crippen LogP contribution is -2.39. The van der Waals surface area contributed by atoms with E-state index < -0.39 is 40.7 Å². The highest BCUT2D eigenvalue weighted by Gasteiger charge is 2.19. The highest BCUT2D eigenvalue weighted by atomic mass is 32.2. The van der Waals surface area contributed by atoms with Gasteiger partial charge in [0, 0.05) is 4.90 Å². The zero-order valence-electron chi connectivity index (χ0n) is 16.4. The van der Waals surface area contributed by atoms with E-state index in [-0.39, 0.29) is 23.7 Å². The summed E-state index contributed by atoms with van der Waals surface area (Å²) in [5.41, 5.74) is -0.315. The van der Waals surface area contributed by atoms with Crippen molar-refractivity contribution in [2.24, 2.45) is 0 Å². The third kappa shape index (κ3) is 7.51. The number of alkyl halides is 2. The molecule has 2 aromatic carbocycles. The number of thioether (sulfide) groups is 1. The first-order chi connectivity index (χ1) is 14.7. The van der Waals surface area contributed by atoms with Crippen molar-refractivity contribution in [3.8, 4) is 0 Å². The Labute approximate surface area is 180 Å². The Kier molecular flexibility index (Phi) is 9.25. The van der Waals surface area contributed by atoms with Gasteiger partial charge in [-0.25, -0.2) is 13.2 Å². The van der Waals surface area contributed by atoms with Gasteiger partial charge in [-0.3, -0.25) is 14.5 Å². The second-order valence-corrected chi connectivity index (χ2v) is 7.44. The molecular formula is C20H20F5N3O2S. The van der Waals surface area contributed by atoms with E-state index in [1.165, 1.54) is 17.0 Å². The van der Waals surface area contributed by atoms with E-state index in [1.54, 1.807) is 12.1 Å². The zero-order valence-corrected chi connectivity index (χ0v) is 17.2. The number of carbonyl (C=O) groups excluding carboxylic acids is 2. The Hall–Kier alpha value is -2.66. The predicted octanol–water partition coefficient (Wildman–Crippen LogP) is 4.71. The van der Waals surface area contributed by atoms with Crippen LogP contribution in [0.1, 0.15) is 13.3 Å². The molecule has 2 N–H and O–H groups in total. The number of nitrogens with zero attached hydrogens (tertiary/aromatic N) is 1. The van der Waals surface area contributed by atoms with E-state index >= 15 is 0 Å². The molecule has 0 aliphatic rings. The van der Waals surface area contributed by atoms with Crippen LogP contribution in [0.15, 0.2) is 41.3 Å². The Morgan fingerprint density at radius 1 is 0.935 bits per heavy atom. The molecule has 0 bridgehead atoms. The van der Waals surface area contributed by atoms with Gasteiger partial charge in [-0.2, -0.15) is 8.78 Å². The first kappa shape index (κ1) is 24.6. The van der Waals surface area contributed by atoms with E-state index in [0.29, 0.717) is 30.8 Å². The molecule has 0 saturated carbocycles. The topological polar surface area (TPSA) is 61.4 Å². The maximum atomic E-state index is 13.7. The monoisotopic (exact) mass is 461 g/mol. The van der Waals surface area contributed by atoms with Crippen LogP contribution in [0.5, 0.6) is 0 Å². The molecule has 0 radical (unpaired) electrons. The zero-order chi connectivity index (χ0) is 23.0. The van der Waals surface area contributed by atoms with Gasteiger partial charge in [-0.1, -0.05) is 30.8 Å². The Balaban J connectivity index is 2.00. The van der Waals surface area contributed by atoms with Gasteiger partial charge in [0.05, 0.1) is 24.5 Å². The number of carbonyl (C=O) groups is 2. The maximum absolute atomic E-state index is 13.7. The molecule has 2 aromatic rings. The van der Waals surface area contributed by atoms with Crippen LogP contribution in [0.25, 0.3) is 0 Å². The van der Waals surface area contributed by atoms with E-state index in [0.717, 1.165) is 6.07 Å². The fourth-order valence-electron chi connectivity index (χ4n) is 2.71. The number of amides is 2. The number of benzene rings is 2. The summed E-state index contributed by atoms with van der Waals surface area (Å²) in [7, 11) is 0. The first-order valence-corrected chi connectivity index (χ1v) is 10.1. The fraction of sp³-hybridized carbons (Fsp3) is 0.300. The van der Waals surface area contributed by atoms with Crippen molar-refractivity contribution in [3.63, 3.8) is 0 Å². The molecule has 0 heterocycles. The van der Waals surface area contributed by atoms with Crippen molar-refractivity contribution in [1.82, 2.24) is 4.90 Å². The van der Waals surface area contributed by atoms with Crippen LogP contribution in [-0.4, -0.2) is 42.1 Å². The number of anilines is 2. The van der Waals surface area contributed by atoms with Crippen molar-refractivity contribution >= 4 is 35.0 Å². The smallest absolute Gasteiger partial charge is 0.288 e. The van der Waals surface area contributed by atoms with E-state index in [1.807, 2.05) is 6.92 Å². The van der Waals surface area contributed by atoms with Crippen LogP contribution in [0.2, 0.25) is 0 Å². The molecule has 11 heteroatoms. The third-order valence-corrected chi connectivity index (χ3v) is 4.75. The van der Waals surface area contributed by atoms with Gasteiger partial charge in [-0.15, -0.1) is 0 Å². The summed E-state index contributed by atoms with van der Waals surface area (Å²) in [6, 6.07) is 7.63. The molecule has 2 amide bonds. The standard InChI is InChI=1S/C20H20F5N3O2S/c1-2-9-28(11-17(30)27-14-8-7-12(21)18(22)19(14)23)10-16(29)26-13-5-3-4-6-15(13)31-20(24)25/h3-8,20H,2,9-11H2,1H3,(H,26,29)(H,27,30). The van der Waals surface area contributed by atoms with Crippen molar-refractivity contribution in [1.29, 1.82) is 0 Å². The van der Waals surface area contributed by atoms with Crippen LogP contribution in [0, 0.1) is 17.5 Å². The molecular weight excluding hydrogens is 441 g/mol. The molecule has 0 unspecified atom stereocenters. The molecule has 5 nitrogen and oxygen atoms in total. The van der Waals surface area contributed by atoms with Crippen molar-refractivity contribution in [2.75, 3.05) is 30.3 Å².